The zero-order valence-electron chi connectivity index (χ0n) is 17.7. The van der Waals surface area contributed by atoms with Gasteiger partial charge in [0.2, 0.25) is 5.91 Å². The molecule has 9 nitrogen and oxygen atoms in total. The standard InChI is InChI=1S/C22H22ClN5O4/c1-13(2)20(25-21(29)17-6-4-5-7-18(17)23)22(30)24-19-12-14(3)26-27(19)15-8-10-16(11-9-15)28(31)32/h4-13,20H,1-3H3,(H,24,30)(H,25,29). The van der Waals surface area contributed by atoms with E-state index in [0.29, 0.717) is 22.2 Å². The summed E-state index contributed by atoms with van der Waals surface area (Å²) in [5, 5.41) is 21.1. The first-order valence-corrected chi connectivity index (χ1v) is 10.2. The number of rotatable bonds is 7. The van der Waals surface area contributed by atoms with Gasteiger partial charge in [0.1, 0.15) is 11.9 Å². The van der Waals surface area contributed by atoms with Gasteiger partial charge in [-0.1, -0.05) is 37.6 Å². The first-order valence-electron chi connectivity index (χ1n) is 9.85. The number of hydrogen-bond acceptors (Lipinski definition) is 5. The maximum atomic E-state index is 13.1. The molecular formula is C22H22ClN5O4. The second-order valence-electron chi connectivity index (χ2n) is 7.52. The second-order valence-corrected chi connectivity index (χ2v) is 7.93. The molecule has 1 heterocycles. The molecule has 2 N–H and O–H groups in total. The van der Waals surface area contributed by atoms with Crippen molar-refractivity contribution in [3.05, 3.63) is 81.0 Å². The van der Waals surface area contributed by atoms with Crippen molar-refractivity contribution in [3.63, 3.8) is 0 Å². The van der Waals surface area contributed by atoms with Crippen molar-refractivity contribution in [1.29, 1.82) is 0 Å². The molecule has 0 bridgehead atoms. The summed E-state index contributed by atoms with van der Waals surface area (Å²) < 4.78 is 1.48. The topological polar surface area (TPSA) is 119 Å². The molecule has 0 fully saturated rings. The molecule has 3 aromatic rings. The Labute approximate surface area is 189 Å². The minimum atomic E-state index is -0.834. The molecule has 0 saturated carbocycles. The number of non-ortho nitro benzene ring substituents is 1. The molecule has 0 aliphatic carbocycles. The average Bonchev–Trinajstić information content (AvgIpc) is 3.11. The van der Waals surface area contributed by atoms with E-state index in [4.69, 9.17) is 11.6 Å². The lowest BCUT2D eigenvalue weighted by molar-refractivity contribution is -0.384. The summed E-state index contributed by atoms with van der Waals surface area (Å²) in [6.45, 7) is 5.39. The van der Waals surface area contributed by atoms with Crippen LogP contribution in [-0.4, -0.2) is 32.6 Å². The Balaban J connectivity index is 1.82. The van der Waals surface area contributed by atoms with E-state index >= 15 is 0 Å². The Morgan fingerprint density at radius 3 is 2.38 bits per heavy atom. The highest BCUT2D eigenvalue weighted by Gasteiger charge is 2.26. The summed E-state index contributed by atoms with van der Waals surface area (Å²) in [4.78, 5) is 36.1. The molecule has 2 amide bonds. The number of aromatic nitrogens is 2. The first-order chi connectivity index (χ1) is 15.2. The quantitative estimate of drug-likeness (QED) is 0.410. The van der Waals surface area contributed by atoms with Crippen molar-refractivity contribution in [2.24, 2.45) is 5.92 Å². The molecule has 32 heavy (non-hydrogen) atoms. The summed E-state index contributed by atoms with van der Waals surface area (Å²) in [6.07, 6.45) is 0. The van der Waals surface area contributed by atoms with Crippen molar-refractivity contribution in [2.45, 2.75) is 26.8 Å². The van der Waals surface area contributed by atoms with Crippen LogP contribution in [0.5, 0.6) is 0 Å². The number of halogens is 1. The van der Waals surface area contributed by atoms with Crippen LogP contribution in [0.4, 0.5) is 11.5 Å². The highest BCUT2D eigenvalue weighted by molar-refractivity contribution is 6.33. The molecule has 3 rings (SSSR count). The zero-order chi connectivity index (χ0) is 23.4. The van der Waals surface area contributed by atoms with E-state index in [0.717, 1.165) is 0 Å². The van der Waals surface area contributed by atoms with Gasteiger partial charge in [0.15, 0.2) is 0 Å². The molecule has 166 valence electrons. The number of nitro benzene ring substituents is 1. The van der Waals surface area contributed by atoms with Crippen LogP contribution in [0.1, 0.15) is 29.9 Å². The number of carbonyl (C=O) groups is 2. The highest BCUT2D eigenvalue weighted by Crippen LogP contribution is 2.21. The SMILES string of the molecule is Cc1cc(NC(=O)C(NC(=O)c2ccccc2Cl)C(C)C)n(-c2ccc([N+](=O)[O-])cc2)n1. The van der Waals surface area contributed by atoms with Crippen LogP contribution in [0.3, 0.4) is 0 Å². The van der Waals surface area contributed by atoms with E-state index in [-0.39, 0.29) is 17.2 Å². The van der Waals surface area contributed by atoms with Gasteiger partial charge in [-0.05, 0) is 37.1 Å². The van der Waals surface area contributed by atoms with Crippen LogP contribution < -0.4 is 10.6 Å². The Hall–Kier alpha value is -3.72. The Bertz CT molecular complexity index is 1160. The Morgan fingerprint density at radius 2 is 1.78 bits per heavy atom. The van der Waals surface area contributed by atoms with Gasteiger partial charge < -0.3 is 10.6 Å². The minimum Gasteiger partial charge on any atom is -0.340 e. The summed E-state index contributed by atoms with van der Waals surface area (Å²) in [5.74, 6) is -0.717. The van der Waals surface area contributed by atoms with Crippen molar-refractivity contribution in [3.8, 4) is 5.69 Å². The van der Waals surface area contributed by atoms with E-state index in [9.17, 15) is 19.7 Å². The van der Waals surface area contributed by atoms with Crippen LogP contribution in [0, 0.1) is 23.0 Å². The van der Waals surface area contributed by atoms with Gasteiger partial charge in [0, 0.05) is 18.2 Å². The third-order valence-electron chi connectivity index (χ3n) is 4.74. The molecule has 2 aromatic carbocycles. The van der Waals surface area contributed by atoms with Gasteiger partial charge in [-0.3, -0.25) is 19.7 Å². The average molecular weight is 456 g/mol. The van der Waals surface area contributed by atoms with Crippen molar-refractivity contribution in [2.75, 3.05) is 5.32 Å². The third-order valence-corrected chi connectivity index (χ3v) is 5.07. The largest absolute Gasteiger partial charge is 0.340 e. The highest BCUT2D eigenvalue weighted by atomic mass is 35.5. The van der Waals surface area contributed by atoms with Crippen molar-refractivity contribution >= 4 is 34.9 Å². The number of nitrogens with one attached hydrogen (secondary N) is 2. The first kappa shape index (κ1) is 23.0. The Morgan fingerprint density at radius 1 is 1.12 bits per heavy atom. The summed E-state index contributed by atoms with van der Waals surface area (Å²) in [6, 6.07) is 13.2. The van der Waals surface area contributed by atoms with Crippen LogP contribution in [0.25, 0.3) is 5.69 Å². The van der Waals surface area contributed by atoms with Gasteiger partial charge in [-0.25, -0.2) is 4.68 Å². The Kier molecular flexibility index (Phi) is 6.89. The monoisotopic (exact) mass is 455 g/mol. The predicted molar refractivity (Wildman–Crippen MR) is 121 cm³/mol. The van der Waals surface area contributed by atoms with E-state index in [1.807, 2.05) is 13.8 Å². The van der Waals surface area contributed by atoms with Gasteiger partial charge >= 0.3 is 0 Å². The summed E-state index contributed by atoms with van der Waals surface area (Å²) >= 11 is 6.10. The summed E-state index contributed by atoms with van der Waals surface area (Å²) in [7, 11) is 0. The van der Waals surface area contributed by atoms with Gasteiger partial charge in [-0.2, -0.15) is 5.10 Å². The molecule has 0 spiro atoms. The van der Waals surface area contributed by atoms with Crippen molar-refractivity contribution in [1.82, 2.24) is 15.1 Å². The molecular weight excluding hydrogens is 434 g/mol. The van der Waals surface area contributed by atoms with Gasteiger partial charge in [0.05, 0.1) is 26.9 Å². The lowest BCUT2D eigenvalue weighted by atomic mass is 10.0. The second kappa shape index (κ2) is 9.61. The smallest absolute Gasteiger partial charge is 0.269 e. The normalized spacial score (nSPS) is 11.8. The summed E-state index contributed by atoms with van der Waals surface area (Å²) in [5.41, 5.74) is 1.41. The maximum Gasteiger partial charge on any atom is 0.269 e. The van der Waals surface area contributed by atoms with Crippen molar-refractivity contribution < 1.29 is 14.5 Å². The third kappa shape index (κ3) is 5.12. The predicted octanol–water partition coefficient (Wildman–Crippen LogP) is 4.14. The fourth-order valence-electron chi connectivity index (χ4n) is 3.10. The molecule has 0 saturated heterocycles. The maximum absolute atomic E-state index is 13.1. The number of nitro groups is 1. The van der Waals surface area contributed by atoms with E-state index in [2.05, 4.69) is 15.7 Å². The number of hydrogen-bond donors (Lipinski definition) is 2. The van der Waals surface area contributed by atoms with E-state index in [1.54, 1.807) is 49.4 Å². The molecule has 0 aliphatic heterocycles. The molecule has 10 heteroatoms. The van der Waals surface area contributed by atoms with Crippen LogP contribution >= 0.6 is 11.6 Å². The van der Waals surface area contributed by atoms with Gasteiger partial charge in [0.25, 0.3) is 11.6 Å². The lowest BCUT2D eigenvalue weighted by Crippen LogP contribution is -2.47. The number of benzene rings is 2. The molecule has 1 unspecified atom stereocenters. The number of carbonyl (C=O) groups excluding carboxylic acids is 2. The molecule has 1 aromatic heterocycles. The van der Waals surface area contributed by atoms with Crippen LogP contribution in [-0.2, 0) is 4.79 Å². The molecule has 0 aliphatic rings. The van der Waals surface area contributed by atoms with Gasteiger partial charge in [-0.15, -0.1) is 0 Å². The number of nitrogens with zero attached hydrogens (tertiary/aromatic N) is 3. The minimum absolute atomic E-state index is 0.0506. The number of anilines is 1. The fourth-order valence-corrected chi connectivity index (χ4v) is 3.33. The number of amides is 2. The van der Waals surface area contributed by atoms with Crippen LogP contribution in [0.15, 0.2) is 54.6 Å². The molecule has 1 atom stereocenters. The number of aryl methyl sites for hydroxylation is 1. The fraction of sp³-hybridized carbons (Fsp3) is 0.227. The van der Waals surface area contributed by atoms with E-state index < -0.39 is 22.8 Å². The lowest BCUT2D eigenvalue weighted by Gasteiger charge is -2.22. The molecule has 0 radical (unpaired) electrons. The zero-order valence-corrected chi connectivity index (χ0v) is 18.5. The van der Waals surface area contributed by atoms with Crippen LogP contribution in [0.2, 0.25) is 5.02 Å². The van der Waals surface area contributed by atoms with E-state index in [1.165, 1.54) is 16.8 Å².